The lowest BCUT2D eigenvalue weighted by Crippen LogP contribution is -2.60. The van der Waals surface area contributed by atoms with Crippen LogP contribution in [0.5, 0.6) is 0 Å². The van der Waals surface area contributed by atoms with Crippen molar-refractivity contribution < 1.29 is 18.8 Å². The second kappa shape index (κ2) is 8.65. The standard InChI is InChI=1S/C23H24FN3O3/c24-19-10-6-16(7-11-19)13-25-22(29)18-8-4-17(5-9-18)14-26-15-21(28)27-12-2-1-3-20(27)23(26)30/h4-11,20H,1-3,12-15H2,(H,25,29)/t20-/m0/s1. The zero-order chi connectivity index (χ0) is 21.1. The van der Waals surface area contributed by atoms with Crippen LogP contribution in [0.1, 0.15) is 40.7 Å². The van der Waals surface area contributed by atoms with E-state index < -0.39 is 0 Å². The summed E-state index contributed by atoms with van der Waals surface area (Å²) in [6, 6.07) is 12.7. The first kappa shape index (κ1) is 20.1. The van der Waals surface area contributed by atoms with E-state index in [-0.39, 0.29) is 36.1 Å². The van der Waals surface area contributed by atoms with E-state index in [1.165, 1.54) is 12.1 Å². The number of carbonyl (C=O) groups is 3. The summed E-state index contributed by atoms with van der Waals surface area (Å²) < 4.78 is 13.0. The topological polar surface area (TPSA) is 69.7 Å². The Morgan fingerprint density at radius 3 is 2.43 bits per heavy atom. The molecule has 1 N–H and O–H groups in total. The summed E-state index contributed by atoms with van der Waals surface area (Å²) in [5.41, 5.74) is 2.18. The number of amides is 3. The molecule has 2 aromatic rings. The van der Waals surface area contributed by atoms with Gasteiger partial charge in [-0.3, -0.25) is 14.4 Å². The van der Waals surface area contributed by atoms with Crippen molar-refractivity contribution in [1.29, 1.82) is 0 Å². The number of nitrogens with one attached hydrogen (secondary N) is 1. The Labute approximate surface area is 174 Å². The van der Waals surface area contributed by atoms with Gasteiger partial charge in [0, 0.05) is 25.2 Å². The van der Waals surface area contributed by atoms with E-state index in [0.717, 1.165) is 30.4 Å². The highest BCUT2D eigenvalue weighted by Gasteiger charge is 2.40. The van der Waals surface area contributed by atoms with E-state index in [1.54, 1.807) is 46.2 Å². The average Bonchev–Trinajstić information content (AvgIpc) is 2.77. The first-order valence-corrected chi connectivity index (χ1v) is 10.2. The fourth-order valence-electron chi connectivity index (χ4n) is 4.03. The van der Waals surface area contributed by atoms with Gasteiger partial charge < -0.3 is 15.1 Å². The molecule has 0 spiro atoms. The summed E-state index contributed by atoms with van der Waals surface area (Å²) in [6.45, 7) is 1.44. The third-order valence-corrected chi connectivity index (χ3v) is 5.70. The minimum atomic E-state index is -0.323. The number of rotatable bonds is 5. The Morgan fingerprint density at radius 1 is 1.00 bits per heavy atom. The number of piperidine rings is 1. The lowest BCUT2D eigenvalue weighted by molar-refractivity contribution is -0.158. The smallest absolute Gasteiger partial charge is 0.251 e. The van der Waals surface area contributed by atoms with E-state index >= 15 is 0 Å². The van der Waals surface area contributed by atoms with Crippen molar-refractivity contribution in [1.82, 2.24) is 15.1 Å². The number of hydrogen-bond acceptors (Lipinski definition) is 3. The molecule has 0 unspecified atom stereocenters. The minimum Gasteiger partial charge on any atom is -0.348 e. The predicted octanol–water partition coefficient (Wildman–Crippen LogP) is 2.48. The third kappa shape index (κ3) is 4.35. The molecule has 0 radical (unpaired) electrons. The highest BCUT2D eigenvalue weighted by molar-refractivity contribution is 5.95. The zero-order valence-electron chi connectivity index (χ0n) is 16.6. The van der Waals surface area contributed by atoms with Gasteiger partial charge in [-0.25, -0.2) is 4.39 Å². The van der Waals surface area contributed by atoms with Crippen molar-refractivity contribution in [3.05, 3.63) is 71.0 Å². The van der Waals surface area contributed by atoms with Crippen molar-refractivity contribution in [3.63, 3.8) is 0 Å². The van der Waals surface area contributed by atoms with Crippen molar-refractivity contribution in [2.75, 3.05) is 13.1 Å². The second-order valence-electron chi connectivity index (χ2n) is 7.80. The van der Waals surface area contributed by atoms with Gasteiger partial charge in [0.15, 0.2) is 0 Å². The van der Waals surface area contributed by atoms with Crippen molar-refractivity contribution in [2.24, 2.45) is 0 Å². The lowest BCUT2D eigenvalue weighted by atomic mass is 9.98. The maximum atomic E-state index is 13.0. The van der Waals surface area contributed by atoms with Crippen molar-refractivity contribution in [2.45, 2.75) is 38.4 Å². The molecule has 156 valence electrons. The van der Waals surface area contributed by atoms with Crippen LogP contribution in [0.25, 0.3) is 0 Å². The van der Waals surface area contributed by atoms with Crippen LogP contribution in [0.2, 0.25) is 0 Å². The van der Waals surface area contributed by atoms with E-state index in [0.29, 0.717) is 25.2 Å². The molecule has 0 aliphatic carbocycles. The van der Waals surface area contributed by atoms with E-state index in [1.807, 2.05) is 0 Å². The quantitative estimate of drug-likeness (QED) is 0.825. The molecule has 4 rings (SSSR count). The fraction of sp³-hybridized carbons (Fsp3) is 0.348. The Bertz CT molecular complexity index is 943. The Balaban J connectivity index is 1.35. The molecule has 2 aromatic carbocycles. The van der Waals surface area contributed by atoms with Gasteiger partial charge in [-0.1, -0.05) is 24.3 Å². The van der Waals surface area contributed by atoms with Crippen LogP contribution in [-0.2, 0) is 22.7 Å². The van der Waals surface area contributed by atoms with Crippen molar-refractivity contribution >= 4 is 17.7 Å². The van der Waals surface area contributed by atoms with E-state index in [2.05, 4.69) is 5.32 Å². The maximum Gasteiger partial charge on any atom is 0.251 e. The maximum absolute atomic E-state index is 13.0. The molecule has 0 bridgehead atoms. The van der Waals surface area contributed by atoms with Crippen LogP contribution in [0.3, 0.4) is 0 Å². The van der Waals surface area contributed by atoms with Gasteiger partial charge in [0.05, 0.1) is 0 Å². The number of carbonyl (C=O) groups excluding carboxylic acids is 3. The molecule has 3 amide bonds. The third-order valence-electron chi connectivity index (χ3n) is 5.70. The molecule has 2 heterocycles. The summed E-state index contributed by atoms with van der Waals surface area (Å²) in [6.07, 6.45) is 2.66. The zero-order valence-corrected chi connectivity index (χ0v) is 16.6. The fourth-order valence-corrected chi connectivity index (χ4v) is 4.03. The normalized spacial score (nSPS) is 18.9. The Hall–Kier alpha value is -3.22. The largest absolute Gasteiger partial charge is 0.348 e. The summed E-state index contributed by atoms with van der Waals surface area (Å²) in [5, 5.41) is 2.80. The molecule has 0 aromatic heterocycles. The summed E-state index contributed by atoms with van der Waals surface area (Å²) in [5.74, 6) is -0.523. The molecule has 30 heavy (non-hydrogen) atoms. The molecule has 2 aliphatic rings. The number of benzene rings is 2. The van der Waals surface area contributed by atoms with E-state index in [4.69, 9.17) is 0 Å². The monoisotopic (exact) mass is 409 g/mol. The van der Waals surface area contributed by atoms with Gasteiger partial charge in [0.1, 0.15) is 18.4 Å². The molecule has 1 atom stereocenters. The number of hydrogen-bond donors (Lipinski definition) is 1. The van der Waals surface area contributed by atoms with Crippen LogP contribution in [0, 0.1) is 5.82 Å². The molecule has 0 saturated carbocycles. The summed E-state index contributed by atoms with van der Waals surface area (Å²) >= 11 is 0. The first-order chi connectivity index (χ1) is 14.5. The highest BCUT2D eigenvalue weighted by Crippen LogP contribution is 2.24. The molecular weight excluding hydrogens is 385 g/mol. The number of halogens is 1. The average molecular weight is 409 g/mol. The number of nitrogens with zero attached hydrogens (tertiary/aromatic N) is 2. The van der Waals surface area contributed by atoms with Crippen molar-refractivity contribution in [3.8, 4) is 0 Å². The molecule has 2 aliphatic heterocycles. The Morgan fingerprint density at radius 2 is 1.70 bits per heavy atom. The molecule has 2 saturated heterocycles. The minimum absolute atomic E-state index is 0.00965. The highest BCUT2D eigenvalue weighted by atomic mass is 19.1. The van der Waals surface area contributed by atoms with Gasteiger partial charge in [-0.15, -0.1) is 0 Å². The van der Waals surface area contributed by atoms with E-state index in [9.17, 15) is 18.8 Å². The van der Waals surface area contributed by atoms with Gasteiger partial charge in [-0.05, 0) is 54.7 Å². The molecule has 7 heteroatoms. The van der Waals surface area contributed by atoms with Crippen LogP contribution >= 0.6 is 0 Å². The summed E-state index contributed by atoms with van der Waals surface area (Å²) in [7, 11) is 0. The van der Waals surface area contributed by atoms with Crippen LogP contribution in [-0.4, -0.2) is 46.7 Å². The van der Waals surface area contributed by atoms with Gasteiger partial charge >= 0.3 is 0 Å². The second-order valence-corrected chi connectivity index (χ2v) is 7.80. The van der Waals surface area contributed by atoms with Gasteiger partial charge in [0.25, 0.3) is 5.91 Å². The van der Waals surface area contributed by atoms with Crippen LogP contribution < -0.4 is 5.32 Å². The SMILES string of the molecule is O=C(NCc1ccc(F)cc1)c1ccc(CN2CC(=O)N3CCCC[C@H]3C2=O)cc1. The van der Waals surface area contributed by atoms with Crippen LogP contribution in [0.4, 0.5) is 4.39 Å². The Kier molecular flexibility index (Phi) is 5.79. The molecule has 6 nitrogen and oxygen atoms in total. The number of fused-ring (bicyclic) bond motifs is 1. The van der Waals surface area contributed by atoms with Crippen LogP contribution in [0.15, 0.2) is 48.5 Å². The van der Waals surface area contributed by atoms with Gasteiger partial charge in [0.2, 0.25) is 11.8 Å². The lowest BCUT2D eigenvalue weighted by Gasteiger charge is -2.42. The number of piperazine rings is 1. The molecular formula is C23H24FN3O3. The predicted molar refractivity (Wildman–Crippen MR) is 109 cm³/mol. The molecule has 2 fully saturated rings. The first-order valence-electron chi connectivity index (χ1n) is 10.2. The van der Waals surface area contributed by atoms with Gasteiger partial charge in [-0.2, -0.15) is 0 Å². The summed E-state index contributed by atoms with van der Waals surface area (Å²) in [4.78, 5) is 40.8.